The van der Waals surface area contributed by atoms with Crippen molar-refractivity contribution in [1.29, 1.82) is 0 Å². The van der Waals surface area contributed by atoms with Gasteiger partial charge in [0.2, 0.25) is 0 Å². The smallest absolute Gasteiger partial charge is 0.137 e. The third-order valence-corrected chi connectivity index (χ3v) is 3.51. The molecule has 1 aliphatic rings. The molecule has 0 saturated heterocycles. The van der Waals surface area contributed by atoms with Crippen LogP contribution < -0.4 is 5.32 Å². The summed E-state index contributed by atoms with van der Waals surface area (Å²) in [4.78, 5) is 4.56. The molecule has 0 unspecified atom stereocenters. The minimum absolute atomic E-state index is 0.380. The van der Waals surface area contributed by atoms with Gasteiger partial charge in [-0.2, -0.15) is 0 Å². The van der Waals surface area contributed by atoms with Gasteiger partial charge in [-0.25, -0.2) is 4.98 Å². The van der Waals surface area contributed by atoms with Crippen LogP contribution >= 0.6 is 0 Å². The Labute approximate surface area is 95.5 Å². The van der Waals surface area contributed by atoms with E-state index < -0.39 is 0 Å². The van der Waals surface area contributed by atoms with Crippen LogP contribution in [0.2, 0.25) is 0 Å². The number of rotatable bonds is 3. The maximum absolute atomic E-state index is 4.56. The van der Waals surface area contributed by atoms with Crippen LogP contribution in [0.15, 0.2) is 24.4 Å². The monoisotopic (exact) mass is 215 g/mol. The van der Waals surface area contributed by atoms with Crippen LogP contribution in [0.1, 0.15) is 31.2 Å². The number of hydrogen-bond donors (Lipinski definition) is 1. The van der Waals surface area contributed by atoms with Gasteiger partial charge in [-0.15, -0.1) is 0 Å². The molecule has 1 saturated carbocycles. The molecule has 1 aliphatic carbocycles. The van der Waals surface area contributed by atoms with Crippen molar-refractivity contribution in [3.63, 3.8) is 0 Å². The van der Waals surface area contributed by atoms with Crippen molar-refractivity contribution in [3.8, 4) is 0 Å². The highest BCUT2D eigenvalue weighted by atomic mass is 15.1. The number of nitrogens with zero attached hydrogens (tertiary/aromatic N) is 2. The average molecular weight is 215 g/mol. The molecule has 2 heterocycles. The van der Waals surface area contributed by atoms with Gasteiger partial charge in [-0.05, 0) is 38.8 Å². The number of aryl methyl sites for hydroxylation is 1. The first-order chi connectivity index (χ1) is 7.68. The first kappa shape index (κ1) is 9.85. The molecule has 3 heteroatoms. The third-order valence-electron chi connectivity index (χ3n) is 3.51. The molecule has 16 heavy (non-hydrogen) atoms. The molecule has 84 valence electrons. The zero-order valence-corrected chi connectivity index (χ0v) is 9.83. The molecule has 1 N–H and O–H groups in total. The van der Waals surface area contributed by atoms with E-state index in [-0.39, 0.29) is 0 Å². The van der Waals surface area contributed by atoms with Gasteiger partial charge in [0.1, 0.15) is 5.65 Å². The highest BCUT2D eigenvalue weighted by Crippen LogP contribution is 2.34. The molecule has 2 aromatic heterocycles. The standard InChI is InChI=1S/C13H17N3/c1-10-11(9-14-13(2)6-7-13)16-8-4-3-5-12(16)15-10/h3-5,8,14H,6-7,9H2,1-2H3. The van der Waals surface area contributed by atoms with Crippen molar-refractivity contribution in [2.24, 2.45) is 0 Å². The molecular formula is C13H17N3. The van der Waals surface area contributed by atoms with E-state index in [0.29, 0.717) is 5.54 Å². The fourth-order valence-corrected chi connectivity index (χ4v) is 2.04. The third kappa shape index (κ3) is 1.61. The summed E-state index contributed by atoms with van der Waals surface area (Å²) in [6.45, 7) is 5.28. The first-order valence-electron chi connectivity index (χ1n) is 5.86. The molecule has 1 fully saturated rings. The van der Waals surface area contributed by atoms with Gasteiger partial charge in [-0.1, -0.05) is 6.07 Å². The lowest BCUT2D eigenvalue weighted by molar-refractivity contribution is 0.529. The number of hydrogen-bond acceptors (Lipinski definition) is 2. The number of aromatic nitrogens is 2. The van der Waals surface area contributed by atoms with Crippen LogP contribution in [0, 0.1) is 6.92 Å². The van der Waals surface area contributed by atoms with E-state index in [4.69, 9.17) is 0 Å². The van der Waals surface area contributed by atoms with Crippen LogP contribution in [0.5, 0.6) is 0 Å². The van der Waals surface area contributed by atoms with Gasteiger partial charge in [0.05, 0.1) is 11.4 Å². The lowest BCUT2D eigenvalue weighted by Gasteiger charge is -2.11. The van der Waals surface area contributed by atoms with E-state index in [1.54, 1.807) is 0 Å². The average Bonchev–Trinajstić information content (AvgIpc) is 2.91. The molecule has 2 aromatic rings. The number of pyridine rings is 1. The molecule has 3 rings (SSSR count). The molecule has 0 aliphatic heterocycles. The van der Waals surface area contributed by atoms with Crippen molar-refractivity contribution in [1.82, 2.24) is 14.7 Å². The molecule has 0 radical (unpaired) electrons. The Morgan fingerprint density at radius 3 is 3.00 bits per heavy atom. The highest BCUT2D eigenvalue weighted by Gasteiger charge is 2.36. The van der Waals surface area contributed by atoms with Crippen molar-refractivity contribution in [3.05, 3.63) is 35.8 Å². The number of imidazole rings is 1. The summed E-state index contributed by atoms with van der Waals surface area (Å²) in [5.74, 6) is 0. The fraction of sp³-hybridized carbons (Fsp3) is 0.462. The zero-order valence-electron chi connectivity index (χ0n) is 9.83. The maximum Gasteiger partial charge on any atom is 0.137 e. The summed E-state index contributed by atoms with van der Waals surface area (Å²) in [7, 11) is 0. The summed E-state index contributed by atoms with van der Waals surface area (Å²) in [6.07, 6.45) is 4.67. The van der Waals surface area contributed by atoms with E-state index in [1.165, 1.54) is 18.5 Å². The van der Waals surface area contributed by atoms with Crippen molar-refractivity contribution < 1.29 is 0 Å². The van der Waals surface area contributed by atoms with Crippen LogP contribution in [-0.2, 0) is 6.54 Å². The predicted molar refractivity (Wildman–Crippen MR) is 64.4 cm³/mol. The lowest BCUT2D eigenvalue weighted by Crippen LogP contribution is -2.27. The molecule has 0 aromatic carbocycles. The van der Waals surface area contributed by atoms with Crippen LogP contribution in [0.3, 0.4) is 0 Å². The minimum Gasteiger partial charge on any atom is -0.306 e. The topological polar surface area (TPSA) is 29.3 Å². The van der Waals surface area contributed by atoms with Crippen LogP contribution in [-0.4, -0.2) is 14.9 Å². The van der Waals surface area contributed by atoms with E-state index in [9.17, 15) is 0 Å². The predicted octanol–water partition coefficient (Wildman–Crippen LogP) is 2.28. The Bertz CT molecular complexity index is 523. The second-order valence-corrected chi connectivity index (χ2v) is 4.99. The van der Waals surface area contributed by atoms with Crippen LogP contribution in [0.4, 0.5) is 0 Å². The molecule has 0 spiro atoms. The van der Waals surface area contributed by atoms with Crippen molar-refractivity contribution >= 4 is 5.65 Å². The Kier molecular flexibility index (Phi) is 2.04. The molecule has 3 nitrogen and oxygen atoms in total. The Morgan fingerprint density at radius 2 is 2.25 bits per heavy atom. The number of fused-ring (bicyclic) bond motifs is 1. The largest absolute Gasteiger partial charge is 0.306 e. The lowest BCUT2D eigenvalue weighted by atomic mass is 10.3. The van der Waals surface area contributed by atoms with E-state index in [2.05, 4.69) is 46.9 Å². The second-order valence-electron chi connectivity index (χ2n) is 4.99. The van der Waals surface area contributed by atoms with Gasteiger partial charge in [-0.3, -0.25) is 0 Å². The molecule has 0 amide bonds. The van der Waals surface area contributed by atoms with Gasteiger partial charge in [0.15, 0.2) is 0 Å². The van der Waals surface area contributed by atoms with E-state index in [1.807, 2.05) is 6.07 Å². The summed E-state index contributed by atoms with van der Waals surface area (Å²) in [5, 5.41) is 3.61. The van der Waals surface area contributed by atoms with Gasteiger partial charge < -0.3 is 9.72 Å². The molecular weight excluding hydrogens is 198 g/mol. The second kappa shape index (κ2) is 3.32. The normalized spacial score (nSPS) is 17.9. The molecule has 0 atom stereocenters. The zero-order chi connectivity index (χ0) is 11.2. The number of nitrogens with one attached hydrogen (secondary N) is 1. The highest BCUT2D eigenvalue weighted by molar-refractivity contribution is 5.42. The van der Waals surface area contributed by atoms with Crippen molar-refractivity contribution in [2.75, 3.05) is 0 Å². The molecule has 0 bridgehead atoms. The summed E-state index contributed by atoms with van der Waals surface area (Å²) in [5.41, 5.74) is 3.83. The first-order valence-corrected chi connectivity index (χ1v) is 5.86. The van der Waals surface area contributed by atoms with E-state index >= 15 is 0 Å². The van der Waals surface area contributed by atoms with Gasteiger partial charge in [0, 0.05) is 18.3 Å². The Morgan fingerprint density at radius 1 is 1.44 bits per heavy atom. The SMILES string of the molecule is Cc1nc2ccccn2c1CNC1(C)CC1. The fourth-order valence-electron chi connectivity index (χ4n) is 2.04. The van der Waals surface area contributed by atoms with Gasteiger partial charge >= 0.3 is 0 Å². The summed E-state index contributed by atoms with van der Waals surface area (Å²) >= 11 is 0. The summed E-state index contributed by atoms with van der Waals surface area (Å²) in [6, 6.07) is 6.13. The Hall–Kier alpha value is -1.35. The maximum atomic E-state index is 4.56. The Balaban J connectivity index is 1.92. The van der Waals surface area contributed by atoms with Crippen molar-refractivity contribution in [2.45, 2.75) is 38.8 Å². The van der Waals surface area contributed by atoms with Gasteiger partial charge in [0.25, 0.3) is 0 Å². The van der Waals surface area contributed by atoms with E-state index in [0.717, 1.165) is 17.9 Å². The quantitative estimate of drug-likeness (QED) is 0.851. The summed E-state index contributed by atoms with van der Waals surface area (Å²) < 4.78 is 2.17. The minimum atomic E-state index is 0.380. The van der Waals surface area contributed by atoms with Crippen LogP contribution in [0.25, 0.3) is 5.65 Å².